The first-order valence-electron chi connectivity index (χ1n) is 11.1. The van der Waals surface area contributed by atoms with Crippen LogP contribution in [0.4, 0.5) is 0 Å². The third-order valence-electron chi connectivity index (χ3n) is 5.85. The van der Waals surface area contributed by atoms with Crippen LogP contribution in [0.5, 0.6) is 0 Å². The Morgan fingerprint density at radius 2 is 1.38 bits per heavy atom. The summed E-state index contributed by atoms with van der Waals surface area (Å²) < 4.78 is 6.96. The van der Waals surface area contributed by atoms with E-state index in [0.29, 0.717) is 18.6 Å². The monoisotopic (exact) mass is 444 g/mol. The van der Waals surface area contributed by atoms with Crippen molar-refractivity contribution in [2.45, 2.75) is 45.8 Å². The number of carboxylic acids is 1. The Morgan fingerprint density at radius 1 is 0.875 bits per heavy atom. The smallest absolute Gasteiger partial charge is 0.331 e. The standard InChI is InChI=1S/C28H32O3Si/c1-5-24(27(29)30)20-22-16-18-23(19-17-22)21-31-32(28(2,3)4,25-12-8-6-9-13-25)26-14-10-7-11-15-26/h6-20H,5,21H2,1-4H3,(H,29,30)/b24-20+. The lowest BCUT2D eigenvalue weighted by Gasteiger charge is -2.43. The van der Waals surface area contributed by atoms with E-state index in [4.69, 9.17) is 4.43 Å². The van der Waals surface area contributed by atoms with Gasteiger partial charge in [-0.1, -0.05) is 113 Å². The molecule has 0 radical (unpaired) electrons. The summed E-state index contributed by atoms with van der Waals surface area (Å²) in [4.78, 5) is 11.3. The minimum Gasteiger partial charge on any atom is -0.478 e. The van der Waals surface area contributed by atoms with E-state index in [0.717, 1.165) is 11.1 Å². The molecule has 166 valence electrons. The minimum absolute atomic E-state index is 0.0735. The van der Waals surface area contributed by atoms with E-state index in [1.165, 1.54) is 10.4 Å². The normalized spacial score (nSPS) is 12.6. The molecule has 0 spiro atoms. The van der Waals surface area contributed by atoms with Gasteiger partial charge in [-0.3, -0.25) is 0 Å². The molecule has 3 rings (SSSR count). The highest BCUT2D eigenvalue weighted by molar-refractivity contribution is 6.99. The van der Waals surface area contributed by atoms with Gasteiger partial charge in [-0.15, -0.1) is 0 Å². The van der Waals surface area contributed by atoms with E-state index in [9.17, 15) is 9.90 Å². The van der Waals surface area contributed by atoms with Crippen molar-refractivity contribution in [3.63, 3.8) is 0 Å². The van der Waals surface area contributed by atoms with Crippen LogP contribution in [0.15, 0.2) is 90.5 Å². The summed E-state index contributed by atoms with van der Waals surface area (Å²) in [5.74, 6) is -0.869. The van der Waals surface area contributed by atoms with E-state index >= 15 is 0 Å². The molecule has 0 saturated carbocycles. The molecule has 0 aliphatic heterocycles. The fourth-order valence-electron chi connectivity index (χ4n) is 4.18. The lowest BCUT2D eigenvalue weighted by molar-refractivity contribution is -0.132. The Morgan fingerprint density at radius 3 is 1.78 bits per heavy atom. The van der Waals surface area contributed by atoms with Crippen LogP contribution in [0, 0.1) is 0 Å². The number of carbonyl (C=O) groups is 1. The largest absolute Gasteiger partial charge is 0.478 e. The quantitative estimate of drug-likeness (QED) is 0.361. The van der Waals surface area contributed by atoms with Gasteiger partial charge in [-0.25, -0.2) is 4.79 Å². The highest BCUT2D eigenvalue weighted by Gasteiger charge is 2.50. The Hall–Kier alpha value is -2.95. The van der Waals surface area contributed by atoms with Gasteiger partial charge in [0.2, 0.25) is 0 Å². The van der Waals surface area contributed by atoms with Crippen LogP contribution in [0.1, 0.15) is 45.2 Å². The molecule has 0 aliphatic carbocycles. The lowest BCUT2D eigenvalue weighted by Crippen LogP contribution is -2.66. The average Bonchev–Trinajstić information content (AvgIpc) is 2.79. The third kappa shape index (κ3) is 5.09. The number of hydrogen-bond donors (Lipinski definition) is 1. The first-order chi connectivity index (χ1) is 15.3. The van der Waals surface area contributed by atoms with Crippen molar-refractivity contribution in [2.75, 3.05) is 0 Å². The summed E-state index contributed by atoms with van der Waals surface area (Å²) in [5.41, 5.74) is 2.36. The minimum atomic E-state index is -2.58. The fourth-order valence-corrected chi connectivity index (χ4v) is 8.72. The van der Waals surface area contributed by atoms with E-state index in [2.05, 4.69) is 69.3 Å². The molecule has 0 atom stereocenters. The number of benzene rings is 3. The van der Waals surface area contributed by atoms with Gasteiger partial charge in [-0.05, 0) is 39.0 Å². The molecule has 4 heteroatoms. The molecule has 0 unspecified atom stereocenters. The van der Waals surface area contributed by atoms with Gasteiger partial charge >= 0.3 is 5.97 Å². The Kier molecular flexibility index (Phi) is 7.49. The van der Waals surface area contributed by atoms with Crippen LogP contribution < -0.4 is 10.4 Å². The molecule has 0 aromatic heterocycles. The second-order valence-electron chi connectivity index (χ2n) is 9.02. The van der Waals surface area contributed by atoms with E-state index in [-0.39, 0.29) is 5.04 Å². The SMILES string of the molecule is CC/C(=C\c1ccc(CO[Si](c2ccccc2)(c2ccccc2)C(C)(C)C)cc1)C(=O)O. The van der Waals surface area contributed by atoms with E-state index < -0.39 is 14.3 Å². The maximum Gasteiger partial charge on any atom is 0.331 e. The second-order valence-corrected chi connectivity index (χ2v) is 13.3. The predicted molar refractivity (Wildman–Crippen MR) is 135 cm³/mol. The van der Waals surface area contributed by atoms with Gasteiger partial charge in [0.05, 0.1) is 6.61 Å². The summed E-state index contributed by atoms with van der Waals surface area (Å²) >= 11 is 0. The zero-order valence-corrected chi connectivity index (χ0v) is 20.3. The molecule has 3 nitrogen and oxygen atoms in total. The molecule has 0 fully saturated rings. The summed E-state index contributed by atoms with van der Waals surface area (Å²) in [6.07, 6.45) is 2.23. The van der Waals surface area contributed by atoms with Gasteiger partial charge in [0.1, 0.15) is 0 Å². The van der Waals surface area contributed by atoms with Gasteiger partial charge < -0.3 is 9.53 Å². The molecular formula is C28H32O3Si. The molecule has 1 N–H and O–H groups in total. The van der Waals surface area contributed by atoms with Crippen molar-refractivity contribution in [3.8, 4) is 0 Å². The summed E-state index contributed by atoms with van der Waals surface area (Å²) in [5, 5.41) is 11.7. The Labute approximate surface area is 192 Å². The fraction of sp³-hybridized carbons (Fsp3) is 0.250. The van der Waals surface area contributed by atoms with Crippen molar-refractivity contribution < 1.29 is 14.3 Å². The maximum absolute atomic E-state index is 11.3. The first-order valence-corrected chi connectivity index (χ1v) is 13.0. The van der Waals surface area contributed by atoms with Crippen molar-refractivity contribution in [2.24, 2.45) is 0 Å². The third-order valence-corrected chi connectivity index (χ3v) is 10.8. The Balaban J connectivity index is 1.96. The van der Waals surface area contributed by atoms with Gasteiger partial charge in [0, 0.05) is 5.57 Å². The van der Waals surface area contributed by atoms with Crippen molar-refractivity contribution in [1.82, 2.24) is 0 Å². The van der Waals surface area contributed by atoms with Crippen LogP contribution >= 0.6 is 0 Å². The molecule has 0 saturated heterocycles. The molecule has 3 aromatic carbocycles. The summed E-state index contributed by atoms with van der Waals surface area (Å²) in [6.45, 7) is 9.16. The number of carboxylic acid groups (broad SMARTS) is 1. The summed E-state index contributed by atoms with van der Waals surface area (Å²) in [6, 6.07) is 29.2. The first kappa shape index (κ1) is 23.7. The van der Waals surface area contributed by atoms with E-state index in [1.807, 2.05) is 43.3 Å². The number of aliphatic carboxylic acids is 1. The highest BCUT2D eigenvalue weighted by Crippen LogP contribution is 2.37. The van der Waals surface area contributed by atoms with Crippen LogP contribution in [-0.2, 0) is 15.8 Å². The lowest BCUT2D eigenvalue weighted by atomic mass is 10.1. The zero-order valence-electron chi connectivity index (χ0n) is 19.3. The summed E-state index contributed by atoms with van der Waals surface area (Å²) in [7, 11) is -2.58. The van der Waals surface area contributed by atoms with Gasteiger partial charge in [0.25, 0.3) is 8.32 Å². The molecule has 0 heterocycles. The predicted octanol–water partition coefficient (Wildman–Crippen LogP) is 5.64. The molecule has 0 aliphatic rings. The van der Waals surface area contributed by atoms with Crippen LogP contribution in [0.2, 0.25) is 5.04 Å². The van der Waals surface area contributed by atoms with Crippen molar-refractivity contribution >= 4 is 30.7 Å². The maximum atomic E-state index is 11.3. The van der Waals surface area contributed by atoms with Gasteiger partial charge in [0.15, 0.2) is 0 Å². The second kappa shape index (κ2) is 10.1. The van der Waals surface area contributed by atoms with Crippen molar-refractivity contribution in [3.05, 3.63) is 102 Å². The van der Waals surface area contributed by atoms with Crippen LogP contribution in [-0.4, -0.2) is 19.4 Å². The van der Waals surface area contributed by atoms with Crippen LogP contribution in [0.3, 0.4) is 0 Å². The molecule has 0 amide bonds. The Bertz CT molecular complexity index is 1010. The molecular weight excluding hydrogens is 412 g/mol. The zero-order chi connectivity index (χ0) is 23.2. The number of rotatable bonds is 8. The number of hydrogen-bond acceptors (Lipinski definition) is 2. The average molecular weight is 445 g/mol. The molecule has 0 bridgehead atoms. The van der Waals surface area contributed by atoms with Crippen molar-refractivity contribution in [1.29, 1.82) is 0 Å². The molecule has 32 heavy (non-hydrogen) atoms. The van der Waals surface area contributed by atoms with Crippen LogP contribution in [0.25, 0.3) is 6.08 Å². The van der Waals surface area contributed by atoms with Gasteiger partial charge in [-0.2, -0.15) is 0 Å². The van der Waals surface area contributed by atoms with E-state index in [1.54, 1.807) is 6.08 Å². The molecule has 3 aromatic rings. The topological polar surface area (TPSA) is 46.5 Å². The highest BCUT2D eigenvalue weighted by atomic mass is 28.4.